The van der Waals surface area contributed by atoms with Crippen molar-refractivity contribution < 1.29 is 13.9 Å². The Kier molecular flexibility index (Phi) is 5.81. The highest BCUT2D eigenvalue weighted by atomic mass is 19.1. The number of carbonyl (C=O) groups is 1. The summed E-state index contributed by atoms with van der Waals surface area (Å²) in [5, 5.41) is 12.0. The van der Waals surface area contributed by atoms with Gasteiger partial charge in [0.25, 0.3) is 5.91 Å². The summed E-state index contributed by atoms with van der Waals surface area (Å²) in [6, 6.07) is 3.01. The van der Waals surface area contributed by atoms with Crippen LogP contribution in [0.15, 0.2) is 35.2 Å². The zero-order valence-electron chi connectivity index (χ0n) is 12.8. The van der Waals surface area contributed by atoms with Crippen molar-refractivity contribution in [3.8, 4) is 6.07 Å². The van der Waals surface area contributed by atoms with Crippen LogP contribution in [-0.4, -0.2) is 36.0 Å². The molecule has 0 aliphatic carbocycles. The summed E-state index contributed by atoms with van der Waals surface area (Å²) in [6.45, 7) is 0.838. The summed E-state index contributed by atoms with van der Waals surface area (Å²) in [4.78, 5) is 19.2. The number of hydrogen-bond acceptors (Lipinski definition) is 6. The van der Waals surface area contributed by atoms with E-state index in [0.29, 0.717) is 19.6 Å². The molecular weight excluding hydrogens is 315 g/mol. The number of nitriles is 1. The van der Waals surface area contributed by atoms with E-state index in [0.717, 1.165) is 12.3 Å². The van der Waals surface area contributed by atoms with Crippen LogP contribution < -0.4 is 16.8 Å². The monoisotopic (exact) mass is 332 g/mol. The van der Waals surface area contributed by atoms with Crippen molar-refractivity contribution in [2.24, 2.45) is 22.4 Å². The average Bonchev–Trinajstić information content (AvgIpc) is 2.55. The fraction of sp³-hybridized carbons (Fsp3) is 0.333. The molecule has 24 heavy (non-hydrogen) atoms. The Morgan fingerprint density at radius 1 is 1.54 bits per heavy atom. The molecule has 1 amide bonds. The average molecular weight is 332 g/mol. The van der Waals surface area contributed by atoms with Gasteiger partial charge in [-0.15, -0.1) is 0 Å². The van der Waals surface area contributed by atoms with Crippen molar-refractivity contribution >= 4 is 17.4 Å². The van der Waals surface area contributed by atoms with Crippen LogP contribution in [-0.2, 0) is 9.53 Å². The number of hydrogen-bond donors (Lipinski definition) is 3. The predicted octanol–water partition coefficient (Wildman–Crippen LogP) is 0.0969. The normalized spacial score (nSPS) is 21.8. The fourth-order valence-corrected chi connectivity index (χ4v) is 2.18. The molecule has 1 aliphatic rings. The minimum Gasteiger partial charge on any atom is -0.384 e. The van der Waals surface area contributed by atoms with E-state index in [4.69, 9.17) is 21.5 Å². The fourth-order valence-electron chi connectivity index (χ4n) is 2.18. The Morgan fingerprint density at radius 3 is 3.00 bits per heavy atom. The second-order valence-corrected chi connectivity index (χ2v) is 5.15. The third kappa shape index (κ3) is 4.50. The molecule has 0 bridgehead atoms. The van der Waals surface area contributed by atoms with Crippen molar-refractivity contribution in [2.45, 2.75) is 12.5 Å². The van der Waals surface area contributed by atoms with E-state index in [-0.39, 0.29) is 29.1 Å². The molecule has 8 nitrogen and oxygen atoms in total. The molecule has 2 unspecified atom stereocenters. The van der Waals surface area contributed by atoms with E-state index < -0.39 is 11.7 Å². The van der Waals surface area contributed by atoms with Gasteiger partial charge in [0.15, 0.2) is 0 Å². The van der Waals surface area contributed by atoms with Crippen LogP contribution in [0.3, 0.4) is 0 Å². The molecule has 2 rings (SSSR count). The van der Waals surface area contributed by atoms with Crippen LogP contribution in [0.2, 0.25) is 0 Å². The van der Waals surface area contributed by atoms with Gasteiger partial charge in [0.1, 0.15) is 11.7 Å². The van der Waals surface area contributed by atoms with Gasteiger partial charge in [-0.1, -0.05) is 0 Å². The summed E-state index contributed by atoms with van der Waals surface area (Å²) in [5.74, 6) is -1.83. The lowest BCUT2D eigenvalue weighted by molar-refractivity contribution is -0.114. The van der Waals surface area contributed by atoms with Gasteiger partial charge in [0.05, 0.1) is 48.3 Å². The number of ether oxygens (including phenoxy) is 1. The Morgan fingerprint density at radius 2 is 2.33 bits per heavy atom. The minimum absolute atomic E-state index is 0.0819. The number of amidine groups is 1. The van der Waals surface area contributed by atoms with Gasteiger partial charge in [-0.25, -0.2) is 9.38 Å². The first-order chi connectivity index (χ1) is 11.5. The number of nitrogens with zero attached hydrogens (tertiary/aromatic N) is 3. The predicted molar refractivity (Wildman–Crippen MR) is 84.2 cm³/mol. The molecule has 0 saturated carbocycles. The molecule has 2 heterocycles. The van der Waals surface area contributed by atoms with E-state index in [1.54, 1.807) is 0 Å². The van der Waals surface area contributed by atoms with Crippen LogP contribution in [0.5, 0.6) is 0 Å². The molecule has 1 saturated heterocycles. The van der Waals surface area contributed by atoms with Gasteiger partial charge in [0, 0.05) is 18.9 Å². The maximum absolute atomic E-state index is 13.1. The quantitative estimate of drug-likeness (QED) is 0.397. The molecule has 126 valence electrons. The lowest BCUT2D eigenvalue weighted by Gasteiger charge is -2.27. The largest absolute Gasteiger partial charge is 0.384 e. The first-order valence-electron chi connectivity index (χ1n) is 7.19. The number of rotatable bonds is 5. The number of nitrogens with one attached hydrogen (secondary N) is 1. The third-order valence-corrected chi connectivity index (χ3v) is 3.45. The number of primary amides is 1. The number of aromatic nitrogens is 1. The van der Waals surface area contributed by atoms with Crippen molar-refractivity contribution in [2.75, 3.05) is 13.2 Å². The van der Waals surface area contributed by atoms with Gasteiger partial charge in [-0.2, -0.15) is 5.26 Å². The lowest BCUT2D eigenvalue weighted by atomic mass is 9.96. The Bertz CT molecular complexity index is 712. The lowest BCUT2D eigenvalue weighted by Crippen LogP contribution is -2.42. The van der Waals surface area contributed by atoms with Crippen molar-refractivity contribution in [1.29, 1.82) is 5.26 Å². The maximum Gasteiger partial charge on any atom is 0.253 e. The molecular formula is C15H17FN6O2. The summed E-state index contributed by atoms with van der Waals surface area (Å²) in [5.41, 5.74) is 11.2. The van der Waals surface area contributed by atoms with Crippen molar-refractivity contribution in [3.63, 3.8) is 0 Å². The second-order valence-electron chi connectivity index (χ2n) is 5.15. The van der Waals surface area contributed by atoms with E-state index >= 15 is 0 Å². The van der Waals surface area contributed by atoms with Crippen LogP contribution in [0.25, 0.3) is 0 Å². The Labute approximate surface area is 138 Å². The van der Waals surface area contributed by atoms with E-state index in [1.165, 1.54) is 12.4 Å². The number of halogens is 1. The Hall–Kier alpha value is -2.99. The second kappa shape index (κ2) is 8.03. The van der Waals surface area contributed by atoms with Crippen LogP contribution in [0.4, 0.5) is 10.1 Å². The highest BCUT2D eigenvalue weighted by Crippen LogP contribution is 2.15. The van der Waals surface area contributed by atoms with Crippen molar-refractivity contribution in [3.05, 3.63) is 36.1 Å². The SMILES string of the molecule is N#CC1CCOCC1N/C=C(/C(N)=O)C(N)=Nc1cncc(F)c1. The summed E-state index contributed by atoms with van der Waals surface area (Å²) in [6.07, 6.45) is 4.21. The molecule has 1 aliphatic heterocycles. The molecule has 0 aromatic carbocycles. The molecule has 1 aromatic heterocycles. The highest BCUT2D eigenvalue weighted by molar-refractivity contribution is 6.20. The summed E-state index contributed by atoms with van der Waals surface area (Å²) < 4.78 is 18.4. The van der Waals surface area contributed by atoms with Gasteiger partial charge in [-0.05, 0) is 6.42 Å². The van der Waals surface area contributed by atoms with Gasteiger partial charge in [-0.3, -0.25) is 9.78 Å². The van der Waals surface area contributed by atoms with E-state index in [2.05, 4.69) is 21.4 Å². The molecule has 0 radical (unpaired) electrons. The van der Waals surface area contributed by atoms with Crippen LogP contribution >= 0.6 is 0 Å². The number of carbonyl (C=O) groups excluding carboxylic acids is 1. The molecule has 9 heteroatoms. The number of pyridine rings is 1. The summed E-state index contributed by atoms with van der Waals surface area (Å²) in [7, 11) is 0. The molecule has 1 fully saturated rings. The molecule has 5 N–H and O–H groups in total. The zero-order valence-corrected chi connectivity index (χ0v) is 12.8. The zero-order chi connectivity index (χ0) is 17.5. The van der Waals surface area contributed by atoms with Gasteiger partial charge >= 0.3 is 0 Å². The topological polar surface area (TPSA) is 139 Å². The third-order valence-electron chi connectivity index (χ3n) is 3.45. The van der Waals surface area contributed by atoms with Crippen LogP contribution in [0.1, 0.15) is 6.42 Å². The van der Waals surface area contributed by atoms with E-state index in [9.17, 15) is 9.18 Å². The number of aliphatic imine (C=N–C) groups is 1. The molecule has 1 aromatic rings. The molecule has 0 spiro atoms. The van der Waals surface area contributed by atoms with Crippen LogP contribution in [0, 0.1) is 23.1 Å². The number of nitrogens with two attached hydrogens (primary N) is 2. The van der Waals surface area contributed by atoms with Gasteiger partial charge < -0.3 is 21.5 Å². The molecule has 2 atom stereocenters. The smallest absolute Gasteiger partial charge is 0.253 e. The minimum atomic E-state index is -0.807. The van der Waals surface area contributed by atoms with Gasteiger partial charge in [0.2, 0.25) is 0 Å². The summed E-state index contributed by atoms with van der Waals surface area (Å²) >= 11 is 0. The van der Waals surface area contributed by atoms with Crippen molar-refractivity contribution in [1.82, 2.24) is 10.3 Å². The maximum atomic E-state index is 13.1. The first-order valence-corrected chi connectivity index (χ1v) is 7.19. The standard InChI is InChI=1S/C15H17FN6O2/c16-10-3-11(6-20-5-10)22-14(18)12(15(19)23)7-21-13-8-24-2-1-9(13)4-17/h3,5-7,9,13,21H,1-2,8H2,(H2,18,22)(H2,19,23)/b12-7+. The number of amides is 1. The first kappa shape index (κ1) is 17.4. The Balaban J connectivity index is 2.19. The highest BCUT2D eigenvalue weighted by Gasteiger charge is 2.25. The van der Waals surface area contributed by atoms with E-state index in [1.807, 2.05) is 0 Å².